The van der Waals surface area contributed by atoms with E-state index in [1.54, 1.807) is 19.1 Å². The molecular formula is C22H27N3O7S. The molecule has 10 nitrogen and oxygen atoms in total. The molecule has 0 radical (unpaired) electrons. The summed E-state index contributed by atoms with van der Waals surface area (Å²) in [5, 5.41) is 5.45. The third-order valence-electron chi connectivity index (χ3n) is 5.27. The summed E-state index contributed by atoms with van der Waals surface area (Å²) in [7, 11) is 0.595. The number of hydrogen-bond donors (Lipinski definition) is 2. The van der Waals surface area contributed by atoms with E-state index in [4.69, 9.17) is 14.2 Å². The minimum atomic E-state index is -3.91. The van der Waals surface area contributed by atoms with Gasteiger partial charge in [0.15, 0.2) is 11.5 Å². The number of ether oxygens (including phenoxy) is 3. The lowest BCUT2D eigenvalue weighted by atomic mass is 10.1. The number of carbonyl (C=O) groups is 2. The van der Waals surface area contributed by atoms with E-state index < -0.39 is 22.0 Å². The number of rotatable bonds is 8. The second kappa shape index (κ2) is 10.1. The number of carbonyl (C=O) groups excluding carboxylic acids is 2. The SMILES string of the molecule is COc1cc(C(C)NC(=O)c2cccc(S(=O)(=O)N3CCNC(=O)C3)c2)cc(OC)c1OC. The van der Waals surface area contributed by atoms with Crippen LogP contribution in [0.15, 0.2) is 41.3 Å². The van der Waals surface area contributed by atoms with E-state index >= 15 is 0 Å². The summed E-state index contributed by atoms with van der Waals surface area (Å²) in [6.07, 6.45) is 0. The van der Waals surface area contributed by atoms with Crippen LogP contribution in [-0.4, -0.2) is 65.5 Å². The van der Waals surface area contributed by atoms with Crippen molar-refractivity contribution in [1.29, 1.82) is 0 Å². The Balaban J connectivity index is 1.82. The number of sulfonamides is 1. The summed E-state index contributed by atoms with van der Waals surface area (Å²) in [4.78, 5) is 24.5. The zero-order valence-corrected chi connectivity index (χ0v) is 19.7. The van der Waals surface area contributed by atoms with Gasteiger partial charge in [0.25, 0.3) is 5.91 Å². The molecule has 178 valence electrons. The topological polar surface area (TPSA) is 123 Å². The summed E-state index contributed by atoms with van der Waals surface area (Å²) >= 11 is 0. The van der Waals surface area contributed by atoms with E-state index in [-0.39, 0.29) is 36.0 Å². The Bertz CT molecular complexity index is 1130. The van der Waals surface area contributed by atoms with Crippen molar-refractivity contribution >= 4 is 21.8 Å². The molecule has 0 saturated carbocycles. The fourth-order valence-corrected chi connectivity index (χ4v) is 4.93. The first-order valence-corrected chi connectivity index (χ1v) is 11.6. The first-order valence-electron chi connectivity index (χ1n) is 10.2. The van der Waals surface area contributed by atoms with Crippen molar-refractivity contribution in [2.75, 3.05) is 41.0 Å². The summed E-state index contributed by atoms with van der Waals surface area (Å²) in [6, 6.07) is 8.75. The first-order chi connectivity index (χ1) is 15.7. The number of methoxy groups -OCH3 is 3. The minimum absolute atomic E-state index is 0.0507. The van der Waals surface area contributed by atoms with Crippen LogP contribution in [0.5, 0.6) is 17.2 Å². The summed E-state index contributed by atoms with van der Waals surface area (Å²) in [6.45, 7) is 1.94. The molecule has 2 aromatic carbocycles. The van der Waals surface area contributed by atoms with Gasteiger partial charge in [0.05, 0.1) is 38.8 Å². The van der Waals surface area contributed by atoms with Crippen molar-refractivity contribution in [2.45, 2.75) is 17.9 Å². The highest BCUT2D eigenvalue weighted by atomic mass is 32.2. The minimum Gasteiger partial charge on any atom is -0.493 e. The Morgan fingerprint density at radius 1 is 1.09 bits per heavy atom. The van der Waals surface area contributed by atoms with Gasteiger partial charge < -0.3 is 24.8 Å². The molecule has 2 aromatic rings. The maximum absolute atomic E-state index is 12.9. The van der Waals surface area contributed by atoms with Crippen LogP contribution < -0.4 is 24.8 Å². The van der Waals surface area contributed by atoms with Crippen LogP contribution >= 0.6 is 0 Å². The monoisotopic (exact) mass is 477 g/mol. The van der Waals surface area contributed by atoms with Crippen molar-refractivity contribution in [3.05, 3.63) is 47.5 Å². The van der Waals surface area contributed by atoms with Gasteiger partial charge in [-0.1, -0.05) is 6.07 Å². The molecular weight excluding hydrogens is 450 g/mol. The van der Waals surface area contributed by atoms with Crippen molar-refractivity contribution in [3.8, 4) is 17.2 Å². The van der Waals surface area contributed by atoms with E-state index in [0.29, 0.717) is 22.8 Å². The molecule has 1 aliphatic heterocycles. The lowest BCUT2D eigenvalue weighted by Gasteiger charge is -2.26. The van der Waals surface area contributed by atoms with Crippen LogP contribution in [0, 0.1) is 0 Å². The highest BCUT2D eigenvalue weighted by Crippen LogP contribution is 2.39. The molecule has 33 heavy (non-hydrogen) atoms. The Morgan fingerprint density at radius 3 is 2.33 bits per heavy atom. The zero-order chi connectivity index (χ0) is 24.2. The molecule has 1 saturated heterocycles. The summed E-state index contributed by atoms with van der Waals surface area (Å²) in [5.74, 6) is 0.521. The van der Waals surface area contributed by atoms with Gasteiger partial charge in [-0.2, -0.15) is 4.31 Å². The normalized spacial score (nSPS) is 15.3. The number of benzene rings is 2. The lowest BCUT2D eigenvalue weighted by Crippen LogP contribution is -2.49. The lowest BCUT2D eigenvalue weighted by molar-refractivity contribution is -0.122. The Morgan fingerprint density at radius 2 is 1.76 bits per heavy atom. The van der Waals surface area contributed by atoms with Gasteiger partial charge in [-0.25, -0.2) is 8.42 Å². The van der Waals surface area contributed by atoms with Gasteiger partial charge in [-0.15, -0.1) is 0 Å². The quantitative estimate of drug-likeness (QED) is 0.588. The maximum atomic E-state index is 12.9. The van der Waals surface area contributed by atoms with E-state index in [1.165, 1.54) is 45.6 Å². The van der Waals surface area contributed by atoms with Gasteiger partial charge in [0.1, 0.15) is 0 Å². The van der Waals surface area contributed by atoms with Gasteiger partial charge in [-0.3, -0.25) is 9.59 Å². The maximum Gasteiger partial charge on any atom is 0.251 e. The number of nitrogens with one attached hydrogen (secondary N) is 2. The molecule has 0 aliphatic carbocycles. The fourth-order valence-electron chi connectivity index (χ4n) is 3.48. The number of piperazine rings is 1. The molecule has 0 spiro atoms. The predicted molar refractivity (Wildman–Crippen MR) is 120 cm³/mol. The molecule has 0 aromatic heterocycles. The molecule has 1 fully saturated rings. The Kier molecular flexibility index (Phi) is 7.44. The highest BCUT2D eigenvalue weighted by molar-refractivity contribution is 7.89. The van der Waals surface area contributed by atoms with Crippen molar-refractivity contribution < 1.29 is 32.2 Å². The highest BCUT2D eigenvalue weighted by Gasteiger charge is 2.29. The largest absolute Gasteiger partial charge is 0.493 e. The molecule has 3 rings (SSSR count). The molecule has 1 atom stereocenters. The molecule has 1 unspecified atom stereocenters. The Hall–Kier alpha value is -3.31. The second-order valence-corrected chi connectivity index (χ2v) is 9.31. The molecule has 1 heterocycles. The van der Waals surface area contributed by atoms with Crippen molar-refractivity contribution in [3.63, 3.8) is 0 Å². The van der Waals surface area contributed by atoms with Gasteiger partial charge in [0.2, 0.25) is 21.7 Å². The van der Waals surface area contributed by atoms with E-state index in [2.05, 4.69) is 10.6 Å². The molecule has 11 heteroatoms. The summed E-state index contributed by atoms with van der Waals surface area (Å²) in [5.41, 5.74) is 0.887. The Labute approximate surface area is 192 Å². The average Bonchev–Trinajstić information content (AvgIpc) is 2.82. The third kappa shape index (κ3) is 5.20. The molecule has 2 amide bonds. The molecule has 1 aliphatic rings. The number of nitrogens with zero attached hydrogens (tertiary/aromatic N) is 1. The zero-order valence-electron chi connectivity index (χ0n) is 18.9. The van der Waals surface area contributed by atoms with Gasteiger partial charge >= 0.3 is 0 Å². The van der Waals surface area contributed by atoms with Crippen LogP contribution in [0.2, 0.25) is 0 Å². The van der Waals surface area contributed by atoms with Crippen LogP contribution in [0.4, 0.5) is 0 Å². The summed E-state index contributed by atoms with van der Waals surface area (Å²) < 4.78 is 43.0. The smallest absolute Gasteiger partial charge is 0.251 e. The standard InChI is InChI=1S/C22H27N3O7S/c1-14(16-11-18(30-2)21(32-4)19(12-16)31-3)24-22(27)15-6-5-7-17(10-15)33(28,29)25-9-8-23-20(26)13-25/h5-7,10-12,14H,8-9,13H2,1-4H3,(H,23,26)(H,24,27). The van der Waals surface area contributed by atoms with Crippen LogP contribution in [0.3, 0.4) is 0 Å². The second-order valence-electron chi connectivity index (χ2n) is 7.37. The third-order valence-corrected chi connectivity index (χ3v) is 7.11. The van der Waals surface area contributed by atoms with Crippen molar-refractivity contribution in [2.24, 2.45) is 0 Å². The molecule has 2 N–H and O–H groups in total. The molecule has 0 bridgehead atoms. The van der Waals surface area contributed by atoms with E-state index in [0.717, 1.165) is 4.31 Å². The van der Waals surface area contributed by atoms with Crippen LogP contribution in [0.25, 0.3) is 0 Å². The average molecular weight is 478 g/mol. The van der Waals surface area contributed by atoms with Gasteiger partial charge in [0, 0.05) is 18.7 Å². The number of amides is 2. The van der Waals surface area contributed by atoms with Crippen molar-refractivity contribution in [1.82, 2.24) is 14.9 Å². The van der Waals surface area contributed by atoms with Gasteiger partial charge in [-0.05, 0) is 42.8 Å². The van der Waals surface area contributed by atoms with E-state index in [9.17, 15) is 18.0 Å². The predicted octanol–water partition coefficient (Wildman–Crippen LogP) is 1.32. The first kappa shape index (κ1) is 24.3. The van der Waals surface area contributed by atoms with Crippen LogP contribution in [-0.2, 0) is 14.8 Å². The van der Waals surface area contributed by atoms with Crippen LogP contribution in [0.1, 0.15) is 28.9 Å². The number of hydrogen-bond acceptors (Lipinski definition) is 7. The van der Waals surface area contributed by atoms with E-state index in [1.807, 2.05) is 0 Å². The fraction of sp³-hybridized carbons (Fsp3) is 0.364.